The van der Waals surface area contributed by atoms with E-state index in [-0.39, 0.29) is 30.3 Å². The van der Waals surface area contributed by atoms with E-state index in [9.17, 15) is 8.42 Å². The average Bonchev–Trinajstić information content (AvgIpc) is 2.29. The van der Waals surface area contributed by atoms with Crippen LogP contribution < -0.4 is 10.0 Å². The number of halogens is 1. The highest BCUT2D eigenvalue weighted by Crippen LogP contribution is 2.25. The Morgan fingerprint density at radius 3 is 2.88 bits per heavy atom. The summed E-state index contributed by atoms with van der Waals surface area (Å²) in [7, 11) is -3.14. The lowest BCUT2D eigenvalue weighted by molar-refractivity contribution is -0.0546. The van der Waals surface area contributed by atoms with Crippen LogP contribution in [0.25, 0.3) is 0 Å². The SMILES string of the molecule is CCS(=O)(=O)N[C@@H]1CNC[C@@H]2CCCO[C@@H]21.Cl. The summed E-state index contributed by atoms with van der Waals surface area (Å²) in [5.74, 6) is 0.577. The van der Waals surface area contributed by atoms with Crippen molar-refractivity contribution in [3.05, 3.63) is 0 Å². The molecule has 2 saturated heterocycles. The van der Waals surface area contributed by atoms with Crippen molar-refractivity contribution in [1.29, 1.82) is 0 Å². The van der Waals surface area contributed by atoms with Crippen LogP contribution in [0.4, 0.5) is 0 Å². The Bertz CT molecular complexity index is 334. The van der Waals surface area contributed by atoms with E-state index in [2.05, 4.69) is 10.0 Å². The van der Waals surface area contributed by atoms with Crippen LogP contribution in [-0.4, -0.2) is 46.0 Å². The lowest BCUT2D eigenvalue weighted by atomic mass is 9.87. The maximum absolute atomic E-state index is 11.5. The van der Waals surface area contributed by atoms with Crippen LogP contribution in [-0.2, 0) is 14.8 Å². The van der Waals surface area contributed by atoms with Gasteiger partial charge in [0, 0.05) is 19.7 Å². The van der Waals surface area contributed by atoms with Crippen molar-refractivity contribution in [3.63, 3.8) is 0 Å². The molecule has 102 valence electrons. The Morgan fingerprint density at radius 1 is 1.41 bits per heavy atom. The molecule has 7 heteroatoms. The lowest BCUT2D eigenvalue weighted by Crippen LogP contribution is -2.60. The average molecular weight is 285 g/mol. The molecule has 17 heavy (non-hydrogen) atoms. The molecule has 2 aliphatic rings. The van der Waals surface area contributed by atoms with Crippen molar-refractivity contribution < 1.29 is 13.2 Å². The maximum atomic E-state index is 11.5. The lowest BCUT2D eigenvalue weighted by Gasteiger charge is -2.41. The molecule has 2 aliphatic heterocycles. The van der Waals surface area contributed by atoms with E-state index in [0.717, 1.165) is 26.0 Å². The molecule has 2 rings (SSSR count). The van der Waals surface area contributed by atoms with E-state index in [1.54, 1.807) is 6.92 Å². The molecule has 0 amide bonds. The smallest absolute Gasteiger partial charge is 0.211 e. The molecule has 0 spiro atoms. The Hall–Kier alpha value is 0.120. The van der Waals surface area contributed by atoms with Gasteiger partial charge in [0.25, 0.3) is 0 Å². The second kappa shape index (κ2) is 6.33. The molecule has 2 fully saturated rings. The minimum Gasteiger partial charge on any atom is -0.376 e. The molecular formula is C10H21ClN2O3S. The monoisotopic (exact) mass is 284 g/mol. The van der Waals surface area contributed by atoms with Gasteiger partial charge in [-0.15, -0.1) is 12.4 Å². The van der Waals surface area contributed by atoms with Crippen LogP contribution >= 0.6 is 12.4 Å². The predicted octanol–water partition coefficient (Wildman–Crippen LogP) is 0.115. The Morgan fingerprint density at radius 2 is 2.18 bits per heavy atom. The fraction of sp³-hybridized carbons (Fsp3) is 1.00. The van der Waals surface area contributed by atoms with Gasteiger partial charge >= 0.3 is 0 Å². The van der Waals surface area contributed by atoms with Gasteiger partial charge in [-0.1, -0.05) is 0 Å². The summed E-state index contributed by atoms with van der Waals surface area (Å²) < 4.78 is 31.5. The summed E-state index contributed by atoms with van der Waals surface area (Å²) in [6, 6.07) is -0.107. The van der Waals surface area contributed by atoms with Gasteiger partial charge in [-0.05, 0) is 25.7 Å². The molecule has 2 N–H and O–H groups in total. The van der Waals surface area contributed by atoms with Crippen LogP contribution in [0.1, 0.15) is 19.8 Å². The van der Waals surface area contributed by atoms with E-state index in [0.29, 0.717) is 12.5 Å². The maximum Gasteiger partial charge on any atom is 0.211 e. The van der Waals surface area contributed by atoms with E-state index in [1.807, 2.05) is 0 Å². The van der Waals surface area contributed by atoms with Crippen molar-refractivity contribution in [2.45, 2.75) is 31.9 Å². The van der Waals surface area contributed by atoms with Gasteiger partial charge in [-0.2, -0.15) is 0 Å². The standard InChI is InChI=1S/C10H20N2O3S.ClH/c1-2-16(13,14)12-9-7-11-6-8-4-3-5-15-10(8)9;/h8-12H,2-7H2,1H3;1H/t8-,9+,10-;/m0./s1. The number of piperidine rings is 1. The molecular weight excluding hydrogens is 264 g/mol. The fourth-order valence-electron chi connectivity index (χ4n) is 2.49. The normalized spacial score (nSPS) is 33.6. The summed E-state index contributed by atoms with van der Waals surface area (Å²) in [6.07, 6.45) is 2.26. The zero-order valence-electron chi connectivity index (χ0n) is 10.0. The van der Waals surface area contributed by atoms with Crippen LogP contribution in [0, 0.1) is 5.92 Å². The van der Waals surface area contributed by atoms with E-state index in [4.69, 9.17) is 4.74 Å². The summed E-state index contributed by atoms with van der Waals surface area (Å²) in [4.78, 5) is 0. The summed E-state index contributed by atoms with van der Waals surface area (Å²) in [6.45, 7) is 4.01. The van der Waals surface area contributed by atoms with Gasteiger partial charge in [0.1, 0.15) is 0 Å². The molecule has 0 aromatic heterocycles. The minimum atomic E-state index is -3.14. The molecule has 5 nitrogen and oxygen atoms in total. The predicted molar refractivity (Wildman–Crippen MR) is 69.0 cm³/mol. The zero-order chi connectivity index (χ0) is 11.6. The molecule has 3 atom stereocenters. The highest BCUT2D eigenvalue weighted by molar-refractivity contribution is 7.89. The van der Waals surface area contributed by atoms with Crippen molar-refractivity contribution in [2.75, 3.05) is 25.4 Å². The third-order valence-electron chi connectivity index (χ3n) is 3.37. The van der Waals surface area contributed by atoms with Gasteiger partial charge in [0.2, 0.25) is 10.0 Å². The Balaban J connectivity index is 0.00000144. The zero-order valence-corrected chi connectivity index (χ0v) is 11.6. The van der Waals surface area contributed by atoms with E-state index in [1.165, 1.54) is 0 Å². The van der Waals surface area contributed by atoms with Gasteiger partial charge in [-0.25, -0.2) is 13.1 Å². The summed E-state index contributed by atoms with van der Waals surface area (Å²) in [5, 5.41) is 3.27. The van der Waals surface area contributed by atoms with Gasteiger partial charge in [0.05, 0.1) is 17.9 Å². The molecule has 0 bridgehead atoms. The van der Waals surface area contributed by atoms with Gasteiger partial charge < -0.3 is 10.1 Å². The number of fused-ring (bicyclic) bond motifs is 1. The molecule has 0 unspecified atom stereocenters. The van der Waals surface area contributed by atoms with Crippen LogP contribution in [0.3, 0.4) is 0 Å². The first-order valence-electron chi connectivity index (χ1n) is 5.94. The van der Waals surface area contributed by atoms with Crippen LogP contribution in [0.15, 0.2) is 0 Å². The quantitative estimate of drug-likeness (QED) is 0.772. The Kier molecular flexibility index (Phi) is 5.66. The third kappa shape index (κ3) is 3.79. The molecule has 0 radical (unpaired) electrons. The molecule has 0 aromatic carbocycles. The van der Waals surface area contributed by atoms with Crippen molar-refractivity contribution in [3.8, 4) is 0 Å². The number of hydrogen-bond donors (Lipinski definition) is 2. The van der Waals surface area contributed by atoms with Crippen LogP contribution in [0.5, 0.6) is 0 Å². The first-order valence-corrected chi connectivity index (χ1v) is 7.60. The third-order valence-corrected chi connectivity index (χ3v) is 4.79. The first kappa shape index (κ1) is 15.2. The van der Waals surface area contributed by atoms with E-state index >= 15 is 0 Å². The van der Waals surface area contributed by atoms with Crippen molar-refractivity contribution >= 4 is 22.4 Å². The summed E-state index contributed by atoms with van der Waals surface area (Å²) >= 11 is 0. The highest BCUT2D eigenvalue weighted by atomic mass is 35.5. The summed E-state index contributed by atoms with van der Waals surface area (Å²) in [5.41, 5.74) is 0. The molecule has 0 aromatic rings. The molecule has 0 aliphatic carbocycles. The molecule has 0 saturated carbocycles. The number of rotatable bonds is 3. The fourth-order valence-corrected chi connectivity index (χ4v) is 3.34. The number of ether oxygens (including phenoxy) is 1. The second-order valence-electron chi connectivity index (χ2n) is 4.52. The first-order chi connectivity index (χ1) is 7.62. The topological polar surface area (TPSA) is 67.4 Å². The molecule has 2 heterocycles. The van der Waals surface area contributed by atoms with Gasteiger partial charge in [-0.3, -0.25) is 0 Å². The minimum absolute atomic E-state index is 0. The number of hydrogen-bond acceptors (Lipinski definition) is 4. The van der Waals surface area contributed by atoms with Crippen molar-refractivity contribution in [2.24, 2.45) is 5.92 Å². The Labute approximate surface area is 109 Å². The number of sulfonamides is 1. The van der Waals surface area contributed by atoms with Crippen molar-refractivity contribution in [1.82, 2.24) is 10.0 Å². The largest absolute Gasteiger partial charge is 0.376 e. The van der Waals surface area contributed by atoms with Gasteiger partial charge in [0.15, 0.2) is 0 Å². The highest BCUT2D eigenvalue weighted by Gasteiger charge is 2.37. The number of nitrogens with one attached hydrogen (secondary N) is 2. The second-order valence-corrected chi connectivity index (χ2v) is 6.57. The van der Waals surface area contributed by atoms with Crippen LogP contribution in [0.2, 0.25) is 0 Å². The van der Waals surface area contributed by atoms with E-state index < -0.39 is 10.0 Å².